The van der Waals surface area contributed by atoms with Crippen LogP contribution in [0.5, 0.6) is 5.75 Å². The summed E-state index contributed by atoms with van der Waals surface area (Å²) in [5.41, 5.74) is 2.22. The van der Waals surface area contributed by atoms with Gasteiger partial charge in [-0.25, -0.2) is 0 Å². The van der Waals surface area contributed by atoms with Crippen molar-refractivity contribution in [3.63, 3.8) is 0 Å². The van der Waals surface area contributed by atoms with Crippen molar-refractivity contribution in [3.05, 3.63) is 86.6 Å². The van der Waals surface area contributed by atoms with Crippen LogP contribution in [0.1, 0.15) is 53.2 Å². The predicted molar refractivity (Wildman–Crippen MR) is 141 cm³/mol. The maximum Gasteiger partial charge on any atom is 0.254 e. The zero-order valence-electron chi connectivity index (χ0n) is 20.6. The van der Waals surface area contributed by atoms with Gasteiger partial charge in [-0.1, -0.05) is 35.4 Å². The first-order valence-corrected chi connectivity index (χ1v) is 13.0. The molecule has 4 rings (SSSR count). The molecule has 0 fully saturated rings. The van der Waals surface area contributed by atoms with E-state index < -0.39 is 5.54 Å². The maximum absolute atomic E-state index is 13.7. The number of aryl methyl sites for hydroxylation is 1. The second-order valence-electron chi connectivity index (χ2n) is 9.85. The van der Waals surface area contributed by atoms with Gasteiger partial charge in [-0.15, -0.1) is 11.3 Å². The SMILES string of the molecule is Cc1ccc(OC[C@H]2c3ccsc3CCN2C(=O)CN(C(=O)c2cccc(Cl)c2)C(C)(C)C)cc1. The highest BCUT2D eigenvalue weighted by Crippen LogP contribution is 2.34. The highest BCUT2D eigenvalue weighted by Gasteiger charge is 2.36. The molecule has 0 unspecified atom stereocenters. The monoisotopic (exact) mass is 510 g/mol. The lowest BCUT2D eigenvalue weighted by atomic mass is 9.99. The summed E-state index contributed by atoms with van der Waals surface area (Å²) in [7, 11) is 0. The number of benzene rings is 2. The van der Waals surface area contributed by atoms with Crippen LogP contribution in [-0.2, 0) is 11.2 Å². The molecule has 0 N–H and O–H groups in total. The molecule has 7 heteroatoms. The maximum atomic E-state index is 13.7. The topological polar surface area (TPSA) is 49.9 Å². The van der Waals surface area contributed by atoms with Crippen LogP contribution in [0.3, 0.4) is 0 Å². The van der Waals surface area contributed by atoms with Gasteiger partial charge in [0.2, 0.25) is 5.91 Å². The highest BCUT2D eigenvalue weighted by atomic mass is 35.5. The smallest absolute Gasteiger partial charge is 0.254 e. The molecule has 2 amide bonds. The van der Waals surface area contributed by atoms with Crippen LogP contribution in [0.25, 0.3) is 0 Å². The third-order valence-electron chi connectivity index (χ3n) is 6.26. The number of rotatable bonds is 6. The average Bonchev–Trinajstić information content (AvgIpc) is 3.30. The lowest BCUT2D eigenvalue weighted by Crippen LogP contribution is -2.53. The van der Waals surface area contributed by atoms with Crippen LogP contribution < -0.4 is 4.74 Å². The van der Waals surface area contributed by atoms with Crippen molar-refractivity contribution >= 4 is 34.8 Å². The molecule has 35 heavy (non-hydrogen) atoms. The number of carbonyl (C=O) groups is 2. The summed E-state index contributed by atoms with van der Waals surface area (Å²) in [5.74, 6) is 0.469. The van der Waals surface area contributed by atoms with Gasteiger partial charge in [0.1, 0.15) is 18.9 Å². The van der Waals surface area contributed by atoms with E-state index in [1.807, 2.05) is 56.9 Å². The van der Waals surface area contributed by atoms with E-state index >= 15 is 0 Å². The first-order chi connectivity index (χ1) is 16.6. The largest absolute Gasteiger partial charge is 0.491 e. The van der Waals surface area contributed by atoms with E-state index in [1.165, 1.54) is 10.4 Å². The molecule has 2 aromatic carbocycles. The molecule has 5 nitrogen and oxygen atoms in total. The number of ether oxygens (including phenoxy) is 1. The van der Waals surface area contributed by atoms with Gasteiger partial charge in [-0.3, -0.25) is 9.59 Å². The Bertz CT molecular complexity index is 1200. The van der Waals surface area contributed by atoms with Crippen LogP contribution in [0, 0.1) is 6.92 Å². The van der Waals surface area contributed by atoms with E-state index in [1.54, 1.807) is 40.5 Å². The Morgan fingerprint density at radius 1 is 1.14 bits per heavy atom. The molecule has 1 atom stereocenters. The van der Waals surface area contributed by atoms with Gasteiger partial charge in [-0.2, -0.15) is 0 Å². The lowest BCUT2D eigenvalue weighted by molar-refractivity contribution is -0.136. The summed E-state index contributed by atoms with van der Waals surface area (Å²) in [5, 5.41) is 2.56. The summed E-state index contributed by atoms with van der Waals surface area (Å²) in [6, 6.07) is 16.7. The van der Waals surface area contributed by atoms with Crippen LogP contribution in [0.2, 0.25) is 5.02 Å². The summed E-state index contributed by atoms with van der Waals surface area (Å²) >= 11 is 7.84. The van der Waals surface area contributed by atoms with Gasteiger partial charge >= 0.3 is 0 Å². The normalized spacial score (nSPS) is 15.5. The average molecular weight is 511 g/mol. The van der Waals surface area contributed by atoms with Crippen LogP contribution >= 0.6 is 22.9 Å². The predicted octanol–water partition coefficient (Wildman–Crippen LogP) is 6.16. The van der Waals surface area contributed by atoms with Crippen molar-refractivity contribution in [2.45, 2.75) is 45.7 Å². The number of amides is 2. The van der Waals surface area contributed by atoms with E-state index in [0.29, 0.717) is 23.7 Å². The first-order valence-electron chi connectivity index (χ1n) is 11.8. The molecule has 0 aliphatic carbocycles. The van der Waals surface area contributed by atoms with Crippen molar-refractivity contribution < 1.29 is 14.3 Å². The van der Waals surface area contributed by atoms with E-state index in [9.17, 15) is 9.59 Å². The molecule has 1 aromatic heterocycles. The quantitative estimate of drug-likeness (QED) is 0.399. The number of hydrogen-bond acceptors (Lipinski definition) is 4. The summed E-state index contributed by atoms with van der Waals surface area (Å²) in [6.45, 7) is 8.79. The van der Waals surface area contributed by atoms with Crippen molar-refractivity contribution in [2.75, 3.05) is 19.7 Å². The molecule has 0 bridgehead atoms. The Labute approximate surface area is 216 Å². The fraction of sp³-hybridized carbons (Fsp3) is 0.357. The molecule has 3 aromatic rings. The fourth-order valence-corrected chi connectivity index (χ4v) is 5.42. The molecule has 0 spiro atoms. The molecule has 0 saturated heterocycles. The van der Waals surface area contributed by atoms with Gasteiger partial charge in [0.15, 0.2) is 0 Å². The molecule has 0 radical (unpaired) electrons. The highest BCUT2D eigenvalue weighted by molar-refractivity contribution is 7.10. The zero-order chi connectivity index (χ0) is 25.2. The molecule has 1 aliphatic heterocycles. The van der Waals surface area contributed by atoms with Gasteiger partial charge < -0.3 is 14.5 Å². The number of thiophene rings is 1. The van der Waals surface area contributed by atoms with Crippen molar-refractivity contribution in [3.8, 4) is 5.75 Å². The summed E-state index contributed by atoms with van der Waals surface area (Å²) in [6.07, 6.45) is 0.803. The van der Waals surface area contributed by atoms with Crippen molar-refractivity contribution in [2.24, 2.45) is 0 Å². The van der Waals surface area contributed by atoms with E-state index in [2.05, 4.69) is 11.4 Å². The number of hydrogen-bond donors (Lipinski definition) is 0. The van der Waals surface area contributed by atoms with Crippen molar-refractivity contribution in [1.29, 1.82) is 0 Å². The Balaban J connectivity index is 1.56. The molecule has 0 saturated carbocycles. The second-order valence-corrected chi connectivity index (χ2v) is 11.3. The van der Waals surface area contributed by atoms with Gasteiger partial charge in [0.05, 0.1) is 6.04 Å². The fourth-order valence-electron chi connectivity index (χ4n) is 4.30. The van der Waals surface area contributed by atoms with Gasteiger partial charge in [0, 0.05) is 27.5 Å². The number of halogens is 1. The van der Waals surface area contributed by atoms with Gasteiger partial charge in [-0.05, 0) is 81.5 Å². The molecule has 1 aliphatic rings. The second kappa shape index (κ2) is 10.4. The van der Waals surface area contributed by atoms with E-state index in [-0.39, 0.29) is 24.4 Å². The molecular weight excluding hydrogens is 480 g/mol. The van der Waals surface area contributed by atoms with Crippen LogP contribution in [0.15, 0.2) is 60.0 Å². The van der Waals surface area contributed by atoms with Gasteiger partial charge in [0.25, 0.3) is 5.91 Å². The standard InChI is InChI=1S/C28H31ClN2O3S/c1-19-8-10-22(11-9-19)34-18-24-23-13-15-35-25(23)12-14-30(24)26(32)17-31(28(2,3)4)27(33)20-6-5-7-21(29)16-20/h5-11,13,15-16,24H,12,14,17-18H2,1-4H3/t24-/m0/s1. The Morgan fingerprint density at radius 2 is 1.89 bits per heavy atom. The van der Waals surface area contributed by atoms with Crippen LogP contribution in [0.4, 0.5) is 0 Å². The lowest BCUT2D eigenvalue weighted by Gasteiger charge is -2.40. The Morgan fingerprint density at radius 3 is 2.57 bits per heavy atom. The minimum Gasteiger partial charge on any atom is -0.491 e. The zero-order valence-corrected chi connectivity index (χ0v) is 22.2. The third kappa shape index (κ3) is 5.88. The minimum atomic E-state index is -0.549. The van der Waals surface area contributed by atoms with E-state index in [4.69, 9.17) is 16.3 Å². The summed E-state index contributed by atoms with van der Waals surface area (Å²) in [4.78, 5) is 31.9. The number of fused-ring (bicyclic) bond motifs is 1. The molecule has 2 heterocycles. The molecular formula is C28H31ClN2O3S. The summed E-state index contributed by atoms with van der Waals surface area (Å²) < 4.78 is 6.12. The number of nitrogens with zero attached hydrogens (tertiary/aromatic N) is 2. The molecule has 184 valence electrons. The third-order valence-corrected chi connectivity index (χ3v) is 7.50. The number of carbonyl (C=O) groups excluding carboxylic acids is 2. The van der Waals surface area contributed by atoms with Crippen molar-refractivity contribution in [1.82, 2.24) is 9.80 Å². The van der Waals surface area contributed by atoms with Crippen LogP contribution in [-0.4, -0.2) is 46.8 Å². The Hall–Kier alpha value is -2.83. The van der Waals surface area contributed by atoms with E-state index in [0.717, 1.165) is 17.7 Å². The first kappa shape index (κ1) is 25.3. The Kier molecular flexibility index (Phi) is 7.53. The minimum absolute atomic E-state index is 0.0185.